The molecule has 2 N–H and O–H groups in total. The van der Waals surface area contributed by atoms with Crippen molar-refractivity contribution in [3.63, 3.8) is 0 Å². The standard InChI is InChI=1S/C17H22N4OS2/c1-3-13-18-17-21(19-13)16(22)15(24-17)14(12-5-4-10-23-12)20-8-6-11(2)7-9-20/h4-5,10-11,14,22H,3,6-9H2,1-2H3/p+1/t14-/m1/s1. The van der Waals surface area contributed by atoms with Crippen molar-refractivity contribution in [3.8, 4) is 5.88 Å². The van der Waals surface area contributed by atoms with Crippen molar-refractivity contribution in [2.45, 2.75) is 39.2 Å². The molecule has 24 heavy (non-hydrogen) atoms. The van der Waals surface area contributed by atoms with E-state index in [0.29, 0.717) is 0 Å². The lowest BCUT2D eigenvalue weighted by atomic mass is 9.97. The zero-order chi connectivity index (χ0) is 16.7. The number of aryl methyl sites for hydroxylation is 1. The van der Waals surface area contributed by atoms with Gasteiger partial charge in [-0.15, -0.1) is 16.4 Å². The van der Waals surface area contributed by atoms with Crippen LogP contribution in [0, 0.1) is 5.92 Å². The Hall–Kier alpha value is -1.44. The fraction of sp³-hybridized carbons (Fsp3) is 0.529. The van der Waals surface area contributed by atoms with Crippen molar-refractivity contribution in [2.75, 3.05) is 13.1 Å². The van der Waals surface area contributed by atoms with Gasteiger partial charge in [0.05, 0.1) is 18.0 Å². The molecule has 4 heterocycles. The van der Waals surface area contributed by atoms with Crippen molar-refractivity contribution in [1.29, 1.82) is 0 Å². The Morgan fingerprint density at radius 1 is 1.42 bits per heavy atom. The quantitative estimate of drug-likeness (QED) is 0.749. The maximum Gasteiger partial charge on any atom is 0.235 e. The lowest BCUT2D eigenvalue weighted by molar-refractivity contribution is -0.930. The van der Waals surface area contributed by atoms with E-state index in [9.17, 15) is 5.11 Å². The minimum absolute atomic E-state index is 0.191. The van der Waals surface area contributed by atoms with Gasteiger partial charge in [-0.1, -0.05) is 31.3 Å². The molecule has 0 amide bonds. The number of thiophene rings is 1. The molecule has 3 aromatic heterocycles. The molecule has 1 fully saturated rings. The smallest absolute Gasteiger partial charge is 0.235 e. The third-order valence-electron chi connectivity index (χ3n) is 4.97. The molecular formula is C17H23N4OS2+. The molecule has 0 unspecified atom stereocenters. The lowest BCUT2D eigenvalue weighted by Gasteiger charge is -2.32. The molecule has 1 aliphatic heterocycles. The zero-order valence-corrected chi connectivity index (χ0v) is 15.7. The van der Waals surface area contributed by atoms with Crippen LogP contribution in [-0.4, -0.2) is 32.8 Å². The van der Waals surface area contributed by atoms with E-state index in [2.05, 4.69) is 34.5 Å². The van der Waals surface area contributed by atoms with Crippen LogP contribution in [0.4, 0.5) is 0 Å². The summed E-state index contributed by atoms with van der Waals surface area (Å²) in [5, 5.41) is 17.4. The number of rotatable bonds is 4. The van der Waals surface area contributed by atoms with E-state index < -0.39 is 0 Å². The molecule has 0 aromatic carbocycles. The summed E-state index contributed by atoms with van der Waals surface area (Å²) in [6.45, 7) is 6.67. The number of quaternary nitrogens is 1. The van der Waals surface area contributed by atoms with Crippen LogP contribution in [-0.2, 0) is 6.42 Å². The molecule has 5 nitrogen and oxygen atoms in total. The maximum atomic E-state index is 10.8. The molecule has 1 aliphatic rings. The van der Waals surface area contributed by atoms with Crippen LogP contribution < -0.4 is 4.90 Å². The van der Waals surface area contributed by atoms with Crippen molar-refractivity contribution in [1.82, 2.24) is 14.6 Å². The van der Waals surface area contributed by atoms with E-state index in [0.717, 1.165) is 41.1 Å². The largest absolute Gasteiger partial charge is 0.492 e. The molecule has 128 valence electrons. The van der Waals surface area contributed by atoms with E-state index >= 15 is 0 Å². The summed E-state index contributed by atoms with van der Waals surface area (Å²) in [5.74, 6) is 1.86. The van der Waals surface area contributed by atoms with E-state index in [1.807, 2.05) is 6.92 Å². The molecule has 0 saturated carbocycles. The molecule has 3 aromatic rings. The van der Waals surface area contributed by atoms with Crippen molar-refractivity contribution in [2.24, 2.45) is 5.92 Å². The topological polar surface area (TPSA) is 54.9 Å². The number of piperidine rings is 1. The second-order valence-corrected chi connectivity index (χ2v) is 8.64. The second-order valence-electron chi connectivity index (χ2n) is 6.66. The highest BCUT2D eigenvalue weighted by atomic mass is 32.1. The zero-order valence-electron chi connectivity index (χ0n) is 14.0. The van der Waals surface area contributed by atoms with Gasteiger partial charge in [-0.2, -0.15) is 4.52 Å². The number of fused-ring (bicyclic) bond motifs is 1. The SMILES string of the molecule is CCc1nc2sc([C@@H](c3cccs3)[NH+]3CCC(C)CC3)c(O)n2n1. The fourth-order valence-electron chi connectivity index (χ4n) is 3.52. The summed E-state index contributed by atoms with van der Waals surface area (Å²) in [6, 6.07) is 4.48. The third kappa shape index (κ3) is 2.74. The fourth-order valence-corrected chi connectivity index (χ4v) is 5.64. The summed E-state index contributed by atoms with van der Waals surface area (Å²) in [5.41, 5.74) is 0. The van der Waals surface area contributed by atoms with Gasteiger partial charge in [0.2, 0.25) is 10.8 Å². The minimum Gasteiger partial charge on any atom is -0.492 e. The van der Waals surface area contributed by atoms with E-state index in [4.69, 9.17) is 0 Å². The first-order valence-electron chi connectivity index (χ1n) is 8.62. The van der Waals surface area contributed by atoms with Gasteiger partial charge in [-0.05, 0) is 30.2 Å². The molecule has 1 saturated heterocycles. The Labute approximate surface area is 149 Å². The normalized spacial score (nSPS) is 22.9. The van der Waals surface area contributed by atoms with E-state index in [1.54, 1.807) is 32.1 Å². The number of thiazole rings is 1. The Bertz CT molecular complexity index is 815. The number of likely N-dealkylation sites (tertiary alicyclic amines) is 1. The highest BCUT2D eigenvalue weighted by Gasteiger charge is 2.35. The average molecular weight is 364 g/mol. The van der Waals surface area contributed by atoms with Crippen molar-refractivity contribution < 1.29 is 10.0 Å². The molecular weight excluding hydrogens is 340 g/mol. The highest BCUT2D eigenvalue weighted by Crippen LogP contribution is 2.36. The predicted molar refractivity (Wildman–Crippen MR) is 97.2 cm³/mol. The van der Waals surface area contributed by atoms with Gasteiger partial charge in [-0.25, -0.2) is 4.98 Å². The molecule has 0 spiro atoms. The first-order valence-corrected chi connectivity index (χ1v) is 10.3. The predicted octanol–water partition coefficient (Wildman–Crippen LogP) is 2.52. The van der Waals surface area contributed by atoms with Gasteiger partial charge in [0, 0.05) is 6.42 Å². The molecule has 0 aliphatic carbocycles. The molecule has 1 atom stereocenters. The van der Waals surface area contributed by atoms with E-state index in [1.165, 1.54) is 17.7 Å². The van der Waals surface area contributed by atoms with E-state index in [-0.39, 0.29) is 11.9 Å². The molecule has 0 bridgehead atoms. The second kappa shape index (κ2) is 6.46. The van der Waals surface area contributed by atoms with Crippen LogP contribution >= 0.6 is 22.7 Å². The van der Waals surface area contributed by atoms with Crippen LogP contribution in [0.5, 0.6) is 5.88 Å². The summed E-state index contributed by atoms with van der Waals surface area (Å²) in [6.07, 6.45) is 3.28. The molecule has 4 rings (SSSR count). The maximum absolute atomic E-state index is 10.8. The average Bonchev–Trinajstić information content (AvgIpc) is 3.29. The van der Waals surface area contributed by atoms with Crippen molar-refractivity contribution >= 4 is 27.6 Å². The van der Waals surface area contributed by atoms with Crippen LogP contribution in [0.2, 0.25) is 0 Å². The number of aromatic hydroxyl groups is 1. The number of hydrogen-bond acceptors (Lipinski definition) is 5. The van der Waals surface area contributed by atoms with Crippen LogP contribution in [0.1, 0.15) is 48.3 Å². The van der Waals surface area contributed by atoms with Crippen LogP contribution in [0.3, 0.4) is 0 Å². The van der Waals surface area contributed by atoms with Gasteiger partial charge in [-0.3, -0.25) is 0 Å². The van der Waals surface area contributed by atoms with Gasteiger partial charge in [0.25, 0.3) is 0 Å². The Morgan fingerprint density at radius 3 is 2.83 bits per heavy atom. The summed E-state index contributed by atoms with van der Waals surface area (Å²) >= 11 is 3.36. The number of nitrogens with one attached hydrogen (secondary N) is 1. The summed E-state index contributed by atoms with van der Waals surface area (Å²) < 4.78 is 1.62. The highest BCUT2D eigenvalue weighted by molar-refractivity contribution is 7.17. The monoisotopic (exact) mass is 363 g/mol. The lowest BCUT2D eigenvalue weighted by Crippen LogP contribution is -3.13. The summed E-state index contributed by atoms with van der Waals surface area (Å²) in [7, 11) is 0. The van der Waals surface area contributed by atoms with Gasteiger partial charge in [0.1, 0.15) is 4.88 Å². The third-order valence-corrected chi connectivity index (χ3v) is 7.00. The summed E-state index contributed by atoms with van der Waals surface area (Å²) in [4.78, 5) is 9.20. The van der Waals surface area contributed by atoms with Gasteiger partial charge < -0.3 is 10.0 Å². The number of aromatic nitrogens is 3. The van der Waals surface area contributed by atoms with Gasteiger partial charge in [0.15, 0.2) is 11.9 Å². The minimum atomic E-state index is 0.191. The Kier molecular flexibility index (Phi) is 4.32. The first kappa shape index (κ1) is 16.1. The van der Waals surface area contributed by atoms with Crippen molar-refractivity contribution in [3.05, 3.63) is 33.1 Å². The number of nitrogens with zero attached hydrogens (tertiary/aromatic N) is 3. The Morgan fingerprint density at radius 2 is 2.21 bits per heavy atom. The number of hydrogen-bond donors (Lipinski definition) is 2. The molecule has 0 radical (unpaired) electrons. The van der Waals surface area contributed by atoms with Crippen LogP contribution in [0.15, 0.2) is 17.5 Å². The Balaban J connectivity index is 1.76. The first-order chi connectivity index (χ1) is 11.7. The molecule has 7 heteroatoms. The van der Waals surface area contributed by atoms with Crippen LogP contribution in [0.25, 0.3) is 4.96 Å². The van der Waals surface area contributed by atoms with Gasteiger partial charge >= 0.3 is 0 Å².